The summed E-state index contributed by atoms with van der Waals surface area (Å²) in [6.45, 7) is 3.19. The summed E-state index contributed by atoms with van der Waals surface area (Å²) < 4.78 is 26.4. The molecule has 0 spiro atoms. The molecule has 10 heteroatoms. The number of nitrogens with one attached hydrogen (secondary N) is 1. The number of carbonyl (C=O) groups excluding carboxylic acids is 2. The molecule has 0 radical (unpaired) electrons. The maximum absolute atomic E-state index is 11.9. The van der Waals surface area contributed by atoms with E-state index in [1.807, 2.05) is 6.92 Å². The van der Waals surface area contributed by atoms with Crippen LogP contribution in [0.2, 0.25) is 0 Å². The van der Waals surface area contributed by atoms with Crippen molar-refractivity contribution in [2.24, 2.45) is 0 Å². The highest BCUT2D eigenvalue weighted by Crippen LogP contribution is 2.42. The summed E-state index contributed by atoms with van der Waals surface area (Å²) in [6.07, 6.45) is 39.1. The predicted octanol–water partition coefficient (Wildman–Crippen LogP) is 8.76. The van der Waals surface area contributed by atoms with Gasteiger partial charge in [-0.15, -0.1) is 0 Å². The molecule has 0 aromatic carbocycles. The zero-order valence-corrected chi connectivity index (χ0v) is 29.8. The fraction of sp³-hybridized carbons (Fsp3) is 0.622. The van der Waals surface area contributed by atoms with E-state index in [1.165, 1.54) is 0 Å². The molecule has 0 saturated carbocycles. The van der Waals surface area contributed by atoms with E-state index in [0.29, 0.717) is 12.8 Å². The molecule has 0 fully saturated rings. The molecule has 0 aliphatic carbocycles. The maximum Gasteiger partial charge on any atom is 0.472 e. The van der Waals surface area contributed by atoms with Crippen molar-refractivity contribution in [3.8, 4) is 0 Å². The average molecular weight is 680 g/mol. The van der Waals surface area contributed by atoms with Crippen molar-refractivity contribution >= 4 is 19.7 Å². The SMILES string of the molecule is CC/C=C\C/C=C\C/C=C\C/C=C\C/C=C\C/C=C\CCCCCCC(=O)OCC(O)COP(=O)(O)OCCNC(=O)CCCCC. The molecule has 3 N–H and O–H groups in total. The Labute approximate surface area is 284 Å². The third-order valence-corrected chi connectivity index (χ3v) is 7.64. The van der Waals surface area contributed by atoms with Gasteiger partial charge in [-0.05, 0) is 64.2 Å². The smallest absolute Gasteiger partial charge is 0.463 e. The number of hydrogen-bond donors (Lipinski definition) is 3. The number of aliphatic hydroxyl groups is 1. The molecule has 9 nitrogen and oxygen atoms in total. The average Bonchev–Trinajstić information content (AvgIpc) is 3.05. The molecule has 2 unspecified atom stereocenters. The molecule has 268 valence electrons. The molecule has 2 atom stereocenters. The van der Waals surface area contributed by atoms with Crippen LogP contribution in [0.4, 0.5) is 0 Å². The number of phosphoric acid groups is 1. The summed E-state index contributed by atoms with van der Waals surface area (Å²) in [5.74, 6) is -0.576. The molecule has 0 saturated heterocycles. The van der Waals surface area contributed by atoms with Crippen LogP contribution >= 0.6 is 7.82 Å². The Kier molecular flexibility index (Phi) is 31.5. The van der Waals surface area contributed by atoms with Crippen molar-refractivity contribution in [1.82, 2.24) is 5.32 Å². The number of phosphoric ester groups is 1. The Morgan fingerprint density at radius 3 is 1.79 bits per heavy atom. The number of hydrogen-bond acceptors (Lipinski definition) is 7. The molecule has 0 aromatic heterocycles. The fourth-order valence-electron chi connectivity index (χ4n) is 4.03. The van der Waals surface area contributed by atoms with Gasteiger partial charge in [0.25, 0.3) is 0 Å². The second kappa shape index (κ2) is 33.4. The first-order valence-corrected chi connectivity index (χ1v) is 18.9. The van der Waals surface area contributed by atoms with E-state index >= 15 is 0 Å². The largest absolute Gasteiger partial charge is 0.472 e. The van der Waals surface area contributed by atoms with Gasteiger partial charge in [-0.3, -0.25) is 18.6 Å². The molecular weight excluding hydrogens is 617 g/mol. The van der Waals surface area contributed by atoms with Crippen LogP contribution in [0.3, 0.4) is 0 Å². The van der Waals surface area contributed by atoms with Crippen LogP contribution in [0, 0.1) is 0 Å². The fourth-order valence-corrected chi connectivity index (χ4v) is 4.78. The highest BCUT2D eigenvalue weighted by atomic mass is 31.2. The monoisotopic (exact) mass is 679 g/mol. The Hall–Kier alpha value is -2.55. The topological polar surface area (TPSA) is 131 Å². The van der Waals surface area contributed by atoms with Crippen LogP contribution in [-0.2, 0) is 27.9 Å². The van der Waals surface area contributed by atoms with Crippen molar-refractivity contribution in [1.29, 1.82) is 0 Å². The Balaban J connectivity index is 3.69. The third kappa shape index (κ3) is 34.6. The molecule has 0 aromatic rings. The Morgan fingerprint density at radius 2 is 1.21 bits per heavy atom. The quantitative estimate of drug-likeness (QED) is 0.0287. The maximum atomic E-state index is 11.9. The lowest BCUT2D eigenvalue weighted by Gasteiger charge is -2.15. The molecule has 0 bridgehead atoms. The van der Waals surface area contributed by atoms with Gasteiger partial charge in [0.05, 0.1) is 13.2 Å². The lowest BCUT2D eigenvalue weighted by molar-refractivity contribution is -0.147. The molecule has 1 amide bonds. The summed E-state index contributed by atoms with van der Waals surface area (Å²) in [4.78, 5) is 33.2. The van der Waals surface area contributed by atoms with Gasteiger partial charge in [-0.1, -0.05) is 112 Å². The van der Waals surface area contributed by atoms with Crippen LogP contribution in [-0.4, -0.2) is 54.3 Å². The van der Waals surface area contributed by atoms with E-state index in [9.17, 15) is 24.2 Å². The minimum absolute atomic E-state index is 0.0710. The zero-order valence-electron chi connectivity index (χ0n) is 28.9. The van der Waals surface area contributed by atoms with E-state index < -0.39 is 26.5 Å². The Morgan fingerprint density at radius 1 is 0.681 bits per heavy atom. The van der Waals surface area contributed by atoms with Crippen LogP contribution in [0.15, 0.2) is 72.9 Å². The number of allylic oxidation sites excluding steroid dienone is 12. The number of unbranched alkanes of at least 4 members (excludes halogenated alkanes) is 6. The number of amides is 1. The molecule has 0 heterocycles. The number of rotatable bonds is 31. The Bertz CT molecular complexity index is 1000. The summed E-state index contributed by atoms with van der Waals surface area (Å²) in [7, 11) is -4.40. The van der Waals surface area contributed by atoms with Gasteiger partial charge in [0, 0.05) is 19.4 Å². The van der Waals surface area contributed by atoms with Crippen LogP contribution in [0.1, 0.15) is 117 Å². The van der Waals surface area contributed by atoms with Crippen LogP contribution < -0.4 is 5.32 Å². The van der Waals surface area contributed by atoms with Gasteiger partial charge in [0.15, 0.2) is 0 Å². The van der Waals surface area contributed by atoms with Gasteiger partial charge < -0.3 is 20.1 Å². The first-order valence-electron chi connectivity index (χ1n) is 17.4. The molecule has 0 rings (SSSR count). The van der Waals surface area contributed by atoms with Crippen molar-refractivity contribution in [2.45, 2.75) is 123 Å². The van der Waals surface area contributed by atoms with Crippen molar-refractivity contribution in [2.75, 3.05) is 26.4 Å². The summed E-state index contributed by atoms with van der Waals surface area (Å²) in [5.41, 5.74) is 0. The van der Waals surface area contributed by atoms with E-state index in [2.05, 4.69) is 85.2 Å². The standard InChI is InChI=1S/C37H62NO8P/c1-3-5-7-8-9-10-11-12-13-14-15-16-17-18-19-20-21-22-23-24-25-26-28-30-37(41)44-33-35(39)34-46-47(42,43)45-32-31-38-36(40)29-27-6-4-2/h5,7,9-10,12-13,15-16,18-19,21-22,35,39H,3-4,6,8,11,14,17,20,23-34H2,1-2H3,(H,38,40)(H,42,43)/b7-5-,10-9-,13-12-,16-15-,19-18-,22-21-. The summed E-state index contributed by atoms with van der Waals surface area (Å²) in [6, 6.07) is 0. The first-order chi connectivity index (χ1) is 22.8. The predicted molar refractivity (Wildman–Crippen MR) is 192 cm³/mol. The van der Waals surface area contributed by atoms with Crippen molar-refractivity contribution in [3.05, 3.63) is 72.9 Å². The number of ether oxygens (including phenoxy) is 1. The molecule has 0 aliphatic heterocycles. The van der Waals surface area contributed by atoms with E-state index in [1.54, 1.807) is 0 Å². The number of aliphatic hydroxyl groups excluding tert-OH is 1. The number of carbonyl (C=O) groups is 2. The number of esters is 1. The minimum Gasteiger partial charge on any atom is -0.463 e. The van der Waals surface area contributed by atoms with Gasteiger partial charge in [-0.25, -0.2) is 4.57 Å². The highest BCUT2D eigenvalue weighted by molar-refractivity contribution is 7.47. The van der Waals surface area contributed by atoms with Gasteiger partial charge in [-0.2, -0.15) is 0 Å². The normalized spacial score (nSPS) is 14.4. The second-order valence-corrected chi connectivity index (χ2v) is 12.6. The van der Waals surface area contributed by atoms with E-state index in [-0.39, 0.29) is 32.1 Å². The molecule has 0 aliphatic rings. The van der Waals surface area contributed by atoms with Crippen molar-refractivity contribution in [3.63, 3.8) is 0 Å². The first kappa shape index (κ1) is 44.5. The summed E-state index contributed by atoms with van der Waals surface area (Å²) >= 11 is 0. The van der Waals surface area contributed by atoms with Crippen molar-refractivity contribution < 1.29 is 37.9 Å². The van der Waals surface area contributed by atoms with Gasteiger partial charge >= 0.3 is 13.8 Å². The molecular formula is C37H62NO8P. The second-order valence-electron chi connectivity index (χ2n) is 11.1. The van der Waals surface area contributed by atoms with Crippen LogP contribution in [0.25, 0.3) is 0 Å². The lowest BCUT2D eigenvalue weighted by Crippen LogP contribution is -2.27. The van der Waals surface area contributed by atoms with Gasteiger partial charge in [0.2, 0.25) is 5.91 Å². The van der Waals surface area contributed by atoms with Crippen LogP contribution in [0.5, 0.6) is 0 Å². The zero-order chi connectivity index (χ0) is 34.7. The van der Waals surface area contributed by atoms with E-state index in [4.69, 9.17) is 13.8 Å². The summed E-state index contributed by atoms with van der Waals surface area (Å²) in [5, 5.41) is 12.5. The van der Waals surface area contributed by atoms with Gasteiger partial charge in [0.1, 0.15) is 12.7 Å². The lowest BCUT2D eigenvalue weighted by atomic mass is 10.1. The molecule has 47 heavy (non-hydrogen) atoms. The third-order valence-electron chi connectivity index (χ3n) is 6.65. The highest BCUT2D eigenvalue weighted by Gasteiger charge is 2.23. The minimum atomic E-state index is -4.40. The van der Waals surface area contributed by atoms with E-state index in [0.717, 1.165) is 83.5 Å².